The van der Waals surface area contributed by atoms with Crippen molar-refractivity contribution >= 4 is 31.1 Å². The predicted octanol–water partition coefficient (Wildman–Crippen LogP) is 5.83. The Labute approximate surface area is 259 Å². The molecule has 1 aromatic carbocycles. The standard InChI is InChI=1S/C32H45N5O6Si/c1-20-27(31(38)35-22-8-10-23(11-9-22)36-32(39)40)29-30(37(20)19-42-14-15-44(3,4)5)28(33-18-34-29)25-13-12-24(41-2)16-26(25)43-17-21-6-7-21/h12-13,16,18,21-23,36H,6-11,14-15,17,19H2,1-5H3,(H,35,38)(H,39,40)/t22-,23-. The molecule has 3 aromatic rings. The number of aromatic nitrogens is 3. The third-order valence-electron chi connectivity index (χ3n) is 8.54. The summed E-state index contributed by atoms with van der Waals surface area (Å²) in [6.45, 7) is 10.4. The van der Waals surface area contributed by atoms with Crippen molar-refractivity contribution in [3.63, 3.8) is 0 Å². The highest BCUT2D eigenvalue weighted by atomic mass is 28.3. The Hall–Kier alpha value is -3.64. The van der Waals surface area contributed by atoms with Crippen molar-refractivity contribution in [2.45, 2.75) is 89.9 Å². The highest BCUT2D eigenvalue weighted by Crippen LogP contribution is 2.39. The highest BCUT2D eigenvalue weighted by molar-refractivity contribution is 6.76. The maximum Gasteiger partial charge on any atom is 0.404 e. The number of nitrogens with one attached hydrogen (secondary N) is 2. The lowest BCUT2D eigenvalue weighted by molar-refractivity contribution is 0.0877. The molecule has 0 atom stereocenters. The zero-order valence-electron chi connectivity index (χ0n) is 26.4. The fourth-order valence-electron chi connectivity index (χ4n) is 5.71. The van der Waals surface area contributed by atoms with E-state index in [2.05, 4.69) is 35.3 Å². The Morgan fingerprint density at radius 3 is 2.39 bits per heavy atom. The molecule has 11 nitrogen and oxygen atoms in total. The minimum Gasteiger partial charge on any atom is -0.497 e. The maximum absolute atomic E-state index is 13.9. The summed E-state index contributed by atoms with van der Waals surface area (Å²) in [5.74, 6) is 1.74. The van der Waals surface area contributed by atoms with Crippen LogP contribution in [0.2, 0.25) is 25.7 Å². The quantitative estimate of drug-likeness (QED) is 0.160. The van der Waals surface area contributed by atoms with Crippen LogP contribution >= 0.6 is 0 Å². The zero-order valence-corrected chi connectivity index (χ0v) is 27.4. The Kier molecular flexibility index (Phi) is 9.79. The molecule has 2 aromatic heterocycles. The van der Waals surface area contributed by atoms with Crippen molar-refractivity contribution in [2.24, 2.45) is 5.92 Å². The van der Waals surface area contributed by atoms with Crippen LogP contribution in [0.25, 0.3) is 22.3 Å². The van der Waals surface area contributed by atoms with E-state index in [0.717, 1.165) is 22.8 Å². The van der Waals surface area contributed by atoms with Crippen LogP contribution in [0, 0.1) is 12.8 Å². The van der Waals surface area contributed by atoms with Gasteiger partial charge < -0.3 is 34.5 Å². The van der Waals surface area contributed by atoms with Gasteiger partial charge in [-0.1, -0.05) is 19.6 Å². The number of benzene rings is 1. The molecule has 44 heavy (non-hydrogen) atoms. The molecule has 12 heteroatoms. The van der Waals surface area contributed by atoms with E-state index in [-0.39, 0.29) is 24.7 Å². The number of amides is 2. The van der Waals surface area contributed by atoms with Crippen LogP contribution in [0.3, 0.4) is 0 Å². The molecule has 0 radical (unpaired) electrons. The van der Waals surface area contributed by atoms with Crippen LogP contribution in [0.1, 0.15) is 54.6 Å². The predicted molar refractivity (Wildman–Crippen MR) is 171 cm³/mol. The second-order valence-electron chi connectivity index (χ2n) is 13.2. The molecule has 3 N–H and O–H groups in total. The summed E-state index contributed by atoms with van der Waals surface area (Å²) in [6, 6.07) is 6.61. The first kappa shape index (κ1) is 31.8. The normalized spacial score (nSPS) is 18.7. The third kappa shape index (κ3) is 7.70. The van der Waals surface area contributed by atoms with Crippen molar-refractivity contribution in [3.8, 4) is 22.8 Å². The molecule has 0 saturated heterocycles. The number of methoxy groups -OCH3 is 1. The summed E-state index contributed by atoms with van der Waals surface area (Å²) in [7, 11) is 0.337. The van der Waals surface area contributed by atoms with Gasteiger partial charge in [0.15, 0.2) is 0 Å². The van der Waals surface area contributed by atoms with E-state index in [0.29, 0.717) is 73.1 Å². The van der Waals surface area contributed by atoms with Gasteiger partial charge >= 0.3 is 6.09 Å². The number of nitrogens with zero attached hydrogens (tertiary/aromatic N) is 3. The van der Waals surface area contributed by atoms with Crippen LogP contribution in [0.4, 0.5) is 4.79 Å². The summed E-state index contributed by atoms with van der Waals surface area (Å²) in [5.41, 5.74) is 4.00. The minimum atomic E-state index is -1.30. The van der Waals surface area contributed by atoms with Gasteiger partial charge in [0, 0.05) is 44.1 Å². The van der Waals surface area contributed by atoms with E-state index in [4.69, 9.17) is 24.3 Å². The van der Waals surface area contributed by atoms with E-state index in [1.165, 1.54) is 19.2 Å². The second kappa shape index (κ2) is 13.6. The van der Waals surface area contributed by atoms with Gasteiger partial charge in [-0.15, -0.1) is 0 Å². The number of fused-ring (bicyclic) bond motifs is 1. The molecule has 2 amide bonds. The molecule has 0 unspecified atom stereocenters. The van der Waals surface area contributed by atoms with E-state index in [1.807, 2.05) is 29.7 Å². The lowest BCUT2D eigenvalue weighted by Crippen LogP contribution is -2.43. The number of carboxylic acid groups (broad SMARTS) is 1. The number of hydrogen-bond acceptors (Lipinski definition) is 7. The summed E-state index contributed by atoms with van der Waals surface area (Å²) in [5, 5.41) is 14.8. The van der Waals surface area contributed by atoms with Gasteiger partial charge in [0.2, 0.25) is 0 Å². The van der Waals surface area contributed by atoms with Crippen LogP contribution < -0.4 is 20.1 Å². The number of hydrogen-bond donors (Lipinski definition) is 3. The van der Waals surface area contributed by atoms with Crippen molar-refractivity contribution in [2.75, 3.05) is 20.3 Å². The molecule has 0 bridgehead atoms. The van der Waals surface area contributed by atoms with Gasteiger partial charge in [-0.3, -0.25) is 4.79 Å². The molecular weight excluding hydrogens is 578 g/mol. The van der Waals surface area contributed by atoms with Crippen molar-refractivity contribution in [3.05, 3.63) is 35.8 Å². The first-order valence-electron chi connectivity index (χ1n) is 15.6. The van der Waals surface area contributed by atoms with Crippen molar-refractivity contribution < 1.29 is 28.9 Å². The van der Waals surface area contributed by atoms with Gasteiger partial charge in [-0.05, 0) is 69.5 Å². The summed E-state index contributed by atoms with van der Waals surface area (Å²) < 4.78 is 20.0. The van der Waals surface area contributed by atoms with Gasteiger partial charge in [0.05, 0.1) is 24.8 Å². The molecular formula is C32H45N5O6Si. The van der Waals surface area contributed by atoms with Crippen LogP contribution in [0.15, 0.2) is 24.5 Å². The SMILES string of the molecule is COc1ccc(-c2ncnc3c(C(=O)N[C@H]4CC[C@H](NC(=O)O)CC4)c(C)n(COCC[Si](C)(C)C)c23)c(OCC2CC2)c1. The lowest BCUT2D eigenvalue weighted by atomic mass is 9.91. The van der Waals surface area contributed by atoms with E-state index < -0.39 is 14.2 Å². The highest BCUT2D eigenvalue weighted by Gasteiger charge is 2.29. The average molecular weight is 624 g/mol. The lowest BCUT2D eigenvalue weighted by Gasteiger charge is -2.28. The summed E-state index contributed by atoms with van der Waals surface area (Å²) >= 11 is 0. The van der Waals surface area contributed by atoms with Crippen LogP contribution in [-0.2, 0) is 11.5 Å². The van der Waals surface area contributed by atoms with Gasteiger partial charge in [-0.2, -0.15) is 0 Å². The average Bonchev–Trinajstić information content (AvgIpc) is 3.76. The van der Waals surface area contributed by atoms with Crippen molar-refractivity contribution in [1.82, 2.24) is 25.2 Å². The fourth-order valence-corrected chi connectivity index (χ4v) is 6.46. The number of ether oxygens (including phenoxy) is 3. The Morgan fingerprint density at radius 2 is 1.75 bits per heavy atom. The number of rotatable bonds is 13. The van der Waals surface area contributed by atoms with Crippen LogP contribution in [-0.4, -0.2) is 72.1 Å². The molecule has 0 spiro atoms. The maximum atomic E-state index is 13.9. The van der Waals surface area contributed by atoms with E-state index in [9.17, 15) is 9.59 Å². The Balaban J connectivity index is 1.50. The molecule has 238 valence electrons. The number of carbonyl (C=O) groups is 2. The first-order chi connectivity index (χ1) is 21.0. The largest absolute Gasteiger partial charge is 0.497 e. The molecule has 2 fully saturated rings. The molecule has 2 aliphatic rings. The van der Waals surface area contributed by atoms with Gasteiger partial charge in [-0.25, -0.2) is 14.8 Å². The Morgan fingerprint density at radius 1 is 1.05 bits per heavy atom. The Bertz CT molecular complexity index is 1490. The summed E-state index contributed by atoms with van der Waals surface area (Å²) in [4.78, 5) is 34.3. The monoisotopic (exact) mass is 623 g/mol. The molecule has 0 aliphatic heterocycles. The molecule has 2 aliphatic carbocycles. The second-order valence-corrected chi connectivity index (χ2v) is 18.9. The van der Waals surface area contributed by atoms with Gasteiger partial charge in [0.25, 0.3) is 5.91 Å². The number of carbonyl (C=O) groups excluding carboxylic acids is 1. The van der Waals surface area contributed by atoms with E-state index in [1.54, 1.807) is 7.11 Å². The fraction of sp³-hybridized carbons (Fsp3) is 0.562. The third-order valence-corrected chi connectivity index (χ3v) is 10.2. The minimum absolute atomic E-state index is 0.0505. The van der Waals surface area contributed by atoms with Crippen molar-refractivity contribution in [1.29, 1.82) is 0 Å². The smallest absolute Gasteiger partial charge is 0.404 e. The first-order valence-corrected chi connectivity index (χ1v) is 19.3. The molecule has 5 rings (SSSR count). The summed E-state index contributed by atoms with van der Waals surface area (Å²) in [6.07, 6.45) is 5.58. The van der Waals surface area contributed by atoms with Crippen LogP contribution in [0.5, 0.6) is 11.5 Å². The molecule has 2 saturated carbocycles. The van der Waals surface area contributed by atoms with E-state index >= 15 is 0 Å². The zero-order chi connectivity index (χ0) is 31.4. The topological polar surface area (TPSA) is 137 Å². The van der Waals surface area contributed by atoms with Gasteiger partial charge in [0.1, 0.15) is 35.8 Å². The molecule has 2 heterocycles.